The summed E-state index contributed by atoms with van der Waals surface area (Å²) < 4.78 is 5.25. The fraction of sp³-hybridized carbons (Fsp3) is 0.500. The van der Waals surface area contributed by atoms with E-state index in [4.69, 9.17) is 4.74 Å². The van der Waals surface area contributed by atoms with E-state index >= 15 is 0 Å². The SMILES string of the molecule is CCCOCCC(=O)NC(CO)c1ccccc1. The molecule has 1 atom stereocenters. The summed E-state index contributed by atoms with van der Waals surface area (Å²) in [6, 6.07) is 9.09. The summed E-state index contributed by atoms with van der Waals surface area (Å²) in [5.41, 5.74) is 0.905. The van der Waals surface area contributed by atoms with E-state index in [9.17, 15) is 9.90 Å². The van der Waals surface area contributed by atoms with Crippen molar-refractivity contribution in [1.29, 1.82) is 0 Å². The molecule has 1 aromatic rings. The lowest BCUT2D eigenvalue weighted by Crippen LogP contribution is -2.31. The van der Waals surface area contributed by atoms with Gasteiger partial charge < -0.3 is 15.2 Å². The third-order valence-electron chi connectivity index (χ3n) is 2.54. The van der Waals surface area contributed by atoms with Crippen molar-refractivity contribution in [2.45, 2.75) is 25.8 Å². The van der Waals surface area contributed by atoms with Crippen molar-refractivity contribution in [2.24, 2.45) is 0 Å². The Bertz CT molecular complexity index is 340. The van der Waals surface area contributed by atoms with Gasteiger partial charge in [0.05, 0.1) is 19.3 Å². The molecule has 0 radical (unpaired) electrons. The summed E-state index contributed by atoms with van der Waals surface area (Å²) in [5, 5.41) is 12.1. The first-order valence-electron chi connectivity index (χ1n) is 6.30. The van der Waals surface area contributed by atoms with Crippen LogP contribution in [0.25, 0.3) is 0 Å². The summed E-state index contributed by atoms with van der Waals surface area (Å²) >= 11 is 0. The first kappa shape index (κ1) is 14.7. The lowest BCUT2D eigenvalue weighted by Gasteiger charge is -2.16. The minimum Gasteiger partial charge on any atom is -0.394 e. The van der Waals surface area contributed by atoms with E-state index in [1.54, 1.807) is 0 Å². The second-order valence-electron chi connectivity index (χ2n) is 4.08. The third kappa shape index (κ3) is 5.29. The molecule has 4 heteroatoms. The van der Waals surface area contributed by atoms with E-state index in [0.717, 1.165) is 12.0 Å². The lowest BCUT2D eigenvalue weighted by atomic mass is 10.1. The van der Waals surface area contributed by atoms with E-state index in [0.29, 0.717) is 19.6 Å². The monoisotopic (exact) mass is 251 g/mol. The minimum absolute atomic E-state index is 0.103. The Balaban J connectivity index is 2.37. The van der Waals surface area contributed by atoms with E-state index in [1.807, 2.05) is 37.3 Å². The molecule has 2 N–H and O–H groups in total. The van der Waals surface area contributed by atoms with Gasteiger partial charge in [0.15, 0.2) is 0 Å². The normalized spacial score (nSPS) is 12.1. The molecule has 0 heterocycles. The quantitative estimate of drug-likeness (QED) is 0.691. The average molecular weight is 251 g/mol. The number of nitrogens with one attached hydrogen (secondary N) is 1. The molecule has 0 aliphatic rings. The van der Waals surface area contributed by atoms with Gasteiger partial charge in [0.25, 0.3) is 0 Å². The maximum atomic E-state index is 11.6. The van der Waals surface area contributed by atoms with Gasteiger partial charge in [0.1, 0.15) is 0 Å². The van der Waals surface area contributed by atoms with Crippen LogP contribution in [0, 0.1) is 0 Å². The van der Waals surface area contributed by atoms with Gasteiger partial charge in [0.2, 0.25) is 5.91 Å². The van der Waals surface area contributed by atoms with Crippen LogP contribution in [0.3, 0.4) is 0 Å². The smallest absolute Gasteiger partial charge is 0.222 e. The van der Waals surface area contributed by atoms with Gasteiger partial charge >= 0.3 is 0 Å². The highest BCUT2D eigenvalue weighted by molar-refractivity contribution is 5.76. The Morgan fingerprint density at radius 2 is 2.06 bits per heavy atom. The van der Waals surface area contributed by atoms with Crippen LogP contribution in [-0.4, -0.2) is 30.8 Å². The van der Waals surface area contributed by atoms with Gasteiger partial charge in [-0.3, -0.25) is 4.79 Å². The van der Waals surface area contributed by atoms with Crippen molar-refractivity contribution in [3.63, 3.8) is 0 Å². The molecule has 1 aromatic carbocycles. The zero-order chi connectivity index (χ0) is 13.2. The Labute approximate surface area is 108 Å². The molecule has 1 amide bonds. The molecule has 100 valence electrons. The zero-order valence-corrected chi connectivity index (χ0v) is 10.8. The number of amides is 1. The topological polar surface area (TPSA) is 58.6 Å². The molecule has 0 fully saturated rings. The fourth-order valence-electron chi connectivity index (χ4n) is 1.60. The number of hydrogen-bond donors (Lipinski definition) is 2. The summed E-state index contributed by atoms with van der Waals surface area (Å²) in [6.45, 7) is 3.02. The molecule has 0 saturated heterocycles. The predicted octanol–water partition coefficient (Wildman–Crippen LogP) is 1.65. The standard InChI is InChI=1S/C14H21NO3/c1-2-9-18-10-8-14(17)15-13(11-16)12-6-4-3-5-7-12/h3-7,13,16H,2,8-11H2,1H3,(H,15,17). The molecular formula is C14H21NO3. The van der Waals surface area contributed by atoms with Crippen LogP contribution in [-0.2, 0) is 9.53 Å². The van der Waals surface area contributed by atoms with Crippen LogP contribution in [0.15, 0.2) is 30.3 Å². The molecule has 0 aliphatic carbocycles. The molecule has 4 nitrogen and oxygen atoms in total. The number of rotatable bonds is 8. The van der Waals surface area contributed by atoms with Crippen LogP contribution in [0.5, 0.6) is 0 Å². The first-order chi connectivity index (χ1) is 8.77. The van der Waals surface area contributed by atoms with Crippen LogP contribution in [0.2, 0.25) is 0 Å². The minimum atomic E-state index is -0.343. The average Bonchev–Trinajstić information content (AvgIpc) is 2.42. The number of aliphatic hydroxyl groups excluding tert-OH is 1. The number of carbonyl (C=O) groups excluding carboxylic acids is 1. The predicted molar refractivity (Wildman–Crippen MR) is 70.1 cm³/mol. The number of ether oxygens (including phenoxy) is 1. The van der Waals surface area contributed by atoms with E-state index in [-0.39, 0.29) is 18.6 Å². The van der Waals surface area contributed by atoms with Crippen LogP contribution in [0.4, 0.5) is 0 Å². The van der Waals surface area contributed by atoms with Crippen molar-refractivity contribution in [3.05, 3.63) is 35.9 Å². The largest absolute Gasteiger partial charge is 0.394 e. The highest BCUT2D eigenvalue weighted by Gasteiger charge is 2.12. The Kier molecular flexibility index (Phi) is 7.06. The van der Waals surface area contributed by atoms with E-state index in [2.05, 4.69) is 5.32 Å². The molecule has 0 saturated carbocycles. The second-order valence-corrected chi connectivity index (χ2v) is 4.08. The van der Waals surface area contributed by atoms with Crippen molar-refractivity contribution in [3.8, 4) is 0 Å². The molecule has 1 rings (SSSR count). The van der Waals surface area contributed by atoms with Crippen molar-refractivity contribution >= 4 is 5.91 Å². The number of carbonyl (C=O) groups is 1. The van der Waals surface area contributed by atoms with Crippen molar-refractivity contribution in [1.82, 2.24) is 5.32 Å². The Morgan fingerprint density at radius 3 is 2.67 bits per heavy atom. The van der Waals surface area contributed by atoms with E-state index in [1.165, 1.54) is 0 Å². The van der Waals surface area contributed by atoms with Crippen LogP contribution < -0.4 is 5.32 Å². The second kappa shape index (κ2) is 8.66. The van der Waals surface area contributed by atoms with Gasteiger partial charge in [0, 0.05) is 13.0 Å². The fourth-order valence-corrected chi connectivity index (χ4v) is 1.60. The zero-order valence-electron chi connectivity index (χ0n) is 10.8. The van der Waals surface area contributed by atoms with Crippen molar-refractivity contribution < 1.29 is 14.6 Å². The maximum Gasteiger partial charge on any atom is 0.222 e. The number of hydrogen-bond acceptors (Lipinski definition) is 3. The molecule has 0 bridgehead atoms. The van der Waals surface area contributed by atoms with Gasteiger partial charge in [-0.2, -0.15) is 0 Å². The van der Waals surface area contributed by atoms with Crippen LogP contribution >= 0.6 is 0 Å². The maximum absolute atomic E-state index is 11.6. The third-order valence-corrected chi connectivity index (χ3v) is 2.54. The molecule has 0 spiro atoms. The number of benzene rings is 1. The first-order valence-corrected chi connectivity index (χ1v) is 6.30. The van der Waals surface area contributed by atoms with Gasteiger partial charge in [-0.05, 0) is 12.0 Å². The number of aliphatic hydroxyl groups is 1. The molecule has 1 unspecified atom stereocenters. The van der Waals surface area contributed by atoms with Gasteiger partial charge in [-0.25, -0.2) is 0 Å². The Morgan fingerprint density at radius 1 is 1.33 bits per heavy atom. The summed E-state index contributed by atoms with van der Waals surface area (Å²) in [7, 11) is 0. The van der Waals surface area contributed by atoms with Crippen LogP contribution in [0.1, 0.15) is 31.4 Å². The lowest BCUT2D eigenvalue weighted by molar-refractivity contribution is -0.123. The van der Waals surface area contributed by atoms with Gasteiger partial charge in [-0.15, -0.1) is 0 Å². The Hall–Kier alpha value is -1.39. The molecule has 18 heavy (non-hydrogen) atoms. The highest BCUT2D eigenvalue weighted by Crippen LogP contribution is 2.11. The van der Waals surface area contributed by atoms with E-state index < -0.39 is 0 Å². The highest BCUT2D eigenvalue weighted by atomic mass is 16.5. The molecular weight excluding hydrogens is 230 g/mol. The summed E-state index contributed by atoms with van der Waals surface area (Å²) in [6.07, 6.45) is 1.27. The van der Waals surface area contributed by atoms with Gasteiger partial charge in [-0.1, -0.05) is 37.3 Å². The molecule has 0 aliphatic heterocycles. The summed E-state index contributed by atoms with van der Waals surface area (Å²) in [5.74, 6) is -0.103. The molecule has 0 aromatic heterocycles. The van der Waals surface area contributed by atoms with Crippen molar-refractivity contribution in [2.75, 3.05) is 19.8 Å². The summed E-state index contributed by atoms with van der Waals surface area (Å²) in [4.78, 5) is 11.6.